The number of carbonyl (C=O) groups is 2. The van der Waals surface area contributed by atoms with E-state index in [1.807, 2.05) is 47.0 Å². The molecule has 0 spiro atoms. The van der Waals surface area contributed by atoms with Gasteiger partial charge >= 0.3 is 11.9 Å². The molecule has 1 aromatic carbocycles. The molecule has 4 nitrogen and oxygen atoms in total. The third-order valence-electron chi connectivity index (χ3n) is 5.40. The van der Waals surface area contributed by atoms with Crippen LogP contribution in [0.25, 0.3) is 8.47 Å². The van der Waals surface area contributed by atoms with Crippen LogP contribution in [0.15, 0.2) is 30.4 Å². The average molecular weight is 707 g/mol. The zero-order chi connectivity index (χ0) is 28.6. The molecule has 2 aliphatic rings. The van der Waals surface area contributed by atoms with Gasteiger partial charge in [-0.05, 0) is 50.3 Å². The van der Waals surface area contributed by atoms with Crippen molar-refractivity contribution in [1.29, 1.82) is 0 Å². The van der Waals surface area contributed by atoms with Crippen molar-refractivity contribution in [2.75, 3.05) is 24.7 Å². The van der Waals surface area contributed by atoms with E-state index in [4.69, 9.17) is 21.7 Å². The van der Waals surface area contributed by atoms with Gasteiger partial charge in [0.2, 0.25) is 0 Å². The Bertz CT molecular complexity index is 1400. The SMILES string of the molecule is CCCCSC1=C(SCCCC)SC(=c2sc(=S)c(=C3Sc4cc(C(=O)OCC)c(C(=O)OCC)cc4S3)s2)S1. The number of unbranched alkanes of at least 4 members (excludes halogenated alkanes) is 2. The first-order chi connectivity index (χ1) is 19.4. The van der Waals surface area contributed by atoms with Crippen LogP contribution in [-0.2, 0) is 9.47 Å². The number of esters is 2. The highest BCUT2D eigenvalue weighted by atomic mass is 32.3. The maximum absolute atomic E-state index is 12.7. The van der Waals surface area contributed by atoms with Crippen molar-refractivity contribution in [3.63, 3.8) is 0 Å². The predicted molar refractivity (Wildman–Crippen MR) is 186 cm³/mol. The molecule has 3 heterocycles. The standard InChI is InChI=1S/C27H30O4S9/c1-5-9-11-33-24-25(34-12-10-6-2)40-27(39-24)26-37-19(22(32)38-26)23-35-17-13-15(20(28)30-7-3)16(14-18(17)36-23)21(29)31-8-4/h13-14H,5-12H2,1-4H3. The lowest BCUT2D eigenvalue weighted by Gasteiger charge is -2.10. The van der Waals surface area contributed by atoms with Gasteiger partial charge in [0.25, 0.3) is 0 Å². The van der Waals surface area contributed by atoms with Crippen LogP contribution in [0.4, 0.5) is 0 Å². The smallest absolute Gasteiger partial charge is 0.339 e. The van der Waals surface area contributed by atoms with E-state index in [0.29, 0.717) is 0 Å². The Balaban J connectivity index is 1.66. The molecule has 0 radical (unpaired) electrons. The molecule has 2 aliphatic heterocycles. The largest absolute Gasteiger partial charge is 0.462 e. The molecule has 1 aromatic heterocycles. The number of carbonyl (C=O) groups excluding carboxylic acids is 2. The molecule has 0 saturated heterocycles. The maximum atomic E-state index is 12.7. The zero-order valence-corrected chi connectivity index (χ0v) is 30.0. The first-order valence-corrected chi connectivity index (χ1v) is 20.3. The number of hydrogen-bond donors (Lipinski definition) is 0. The van der Waals surface area contributed by atoms with Crippen molar-refractivity contribution in [2.24, 2.45) is 0 Å². The van der Waals surface area contributed by atoms with Gasteiger partial charge in [-0.25, -0.2) is 9.59 Å². The molecule has 0 unspecified atom stereocenters. The minimum atomic E-state index is -0.517. The van der Waals surface area contributed by atoms with E-state index in [1.165, 1.54) is 42.2 Å². The highest BCUT2D eigenvalue weighted by Crippen LogP contribution is 2.58. The molecule has 13 heteroatoms. The Morgan fingerprint density at radius 2 is 1.25 bits per heavy atom. The molecule has 216 valence electrons. The number of fused-ring (bicyclic) bond motifs is 1. The van der Waals surface area contributed by atoms with Crippen molar-refractivity contribution in [3.05, 3.63) is 43.9 Å². The van der Waals surface area contributed by atoms with Crippen molar-refractivity contribution in [3.8, 4) is 0 Å². The molecule has 0 aliphatic carbocycles. The average Bonchev–Trinajstić information content (AvgIpc) is 3.64. The highest BCUT2D eigenvalue weighted by Gasteiger charge is 2.28. The lowest BCUT2D eigenvalue weighted by atomic mass is 10.1. The van der Waals surface area contributed by atoms with E-state index in [-0.39, 0.29) is 24.3 Å². The molecular formula is C27H30O4S9. The van der Waals surface area contributed by atoms with Gasteiger partial charge in [-0.2, -0.15) is 0 Å². The summed E-state index contributed by atoms with van der Waals surface area (Å²) >= 11 is 20.3. The second-order valence-corrected chi connectivity index (χ2v) is 18.7. The number of thioether (sulfide) groups is 6. The van der Waals surface area contributed by atoms with Gasteiger partial charge in [-0.3, -0.25) is 0 Å². The van der Waals surface area contributed by atoms with Crippen molar-refractivity contribution in [2.45, 2.75) is 63.2 Å². The van der Waals surface area contributed by atoms with Crippen molar-refractivity contribution < 1.29 is 19.1 Å². The van der Waals surface area contributed by atoms with Crippen LogP contribution in [0.3, 0.4) is 0 Å². The van der Waals surface area contributed by atoms with Gasteiger partial charge in [0, 0.05) is 9.79 Å². The summed E-state index contributed by atoms with van der Waals surface area (Å²) in [6, 6.07) is 3.51. The van der Waals surface area contributed by atoms with Crippen LogP contribution >= 0.6 is 105 Å². The fraction of sp³-hybridized carbons (Fsp3) is 0.444. The summed E-state index contributed by atoms with van der Waals surface area (Å²) in [7, 11) is 0. The predicted octanol–water partition coefficient (Wildman–Crippen LogP) is 9.60. The van der Waals surface area contributed by atoms with Gasteiger partial charge in [-0.15, -0.1) is 46.2 Å². The third kappa shape index (κ3) is 8.13. The third-order valence-corrected chi connectivity index (χ3v) is 17.4. The van der Waals surface area contributed by atoms with Crippen LogP contribution in [-0.4, -0.2) is 36.7 Å². The highest BCUT2D eigenvalue weighted by molar-refractivity contribution is 8.45. The molecule has 2 aromatic rings. The molecule has 0 saturated carbocycles. The minimum Gasteiger partial charge on any atom is -0.462 e. The summed E-state index contributed by atoms with van der Waals surface area (Å²) in [5.41, 5.74) is 0.478. The number of benzene rings is 1. The lowest BCUT2D eigenvalue weighted by molar-refractivity contribution is 0.0478. The Kier molecular flexibility index (Phi) is 13.3. The van der Waals surface area contributed by atoms with Crippen LogP contribution in [0.1, 0.15) is 74.1 Å². The minimum absolute atomic E-state index is 0.234. The lowest BCUT2D eigenvalue weighted by Crippen LogP contribution is -2.14. The van der Waals surface area contributed by atoms with Gasteiger partial charge in [0.05, 0.1) is 45.8 Å². The topological polar surface area (TPSA) is 52.6 Å². The van der Waals surface area contributed by atoms with Gasteiger partial charge in [0.1, 0.15) is 7.67 Å². The molecule has 0 amide bonds. The summed E-state index contributed by atoms with van der Waals surface area (Å²) < 4.78 is 18.9. The summed E-state index contributed by atoms with van der Waals surface area (Å²) in [6.45, 7) is 8.45. The molecule has 0 N–H and O–H groups in total. The number of ether oxygens (including phenoxy) is 2. The van der Waals surface area contributed by atoms with E-state index in [9.17, 15) is 9.59 Å². The second-order valence-electron chi connectivity index (χ2n) is 8.36. The molecule has 0 atom stereocenters. The molecular weight excluding hydrogens is 677 g/mol. The normalized spacial score (nSPS) is 14.7. The Hall–Kier alpha value is 0.01000. The van der Waals surface area contributed by atoms with Crippen LogP contribution in [0.5, 0.6) is 0 Å². The van der Waals surface area contributed by atoms with E-state index in [1.54, 1.807) is 72.2 Å². The summed E-state index contributed by atoms with van der Waals surface area (Å²) in [5, 5.41) is 0. The van der Waals surface area contributed by atoms with Gasteiger partial charge in [0.15, 0.2) is 0 Å². The zero-order valence-electron chi connectivity index (χ0n) is 22.6. The van der Waals surface area contributed by atoms with Crippen LogP contribution in [0.2, 0.25) is 0 Å². The van der Waals surface area contributed by atoms with Gasteiger partial charge in [-0.1, -0.05) is 86.0 Å². The van der Waals surface area contributed by atoms with Crippen LogP contribution < -0.4 is 8.38 Å². The number of rotatable bonds is 12. The van der Waals surface area contributed by atoms with Crippen LogP contribution in [0, 0.1) is 3.82 Å². The Labute approximate surface area is 274 Å². The quantitative estimate of drug-likeness (QED) is 0.121. The van der Waals surface area contributed by atoms with Gasteiger partial charge < -0.3 is 9.47 Å². The van der Waals surface area contributed by atoms with E-state index in [0.717, 1.165) is 33.9 Å². The summed E-state index contributed by atoms with van der Waals surface area (Å²) in [5.74, 6) is 1.27. The fourth-order valence-corrected chi connectivity index (χ4v) is 15.8. The van der Waals surface area contributed by atoms with Crippen molar-refractivity contribution in [1.82, 2.24) is 0 Å². The maximum Gasteiger partial charge on any atom is 0.339 e. The van der Waals surface area contributed by atoms with E-state index in [2.05, 4.69) is 13.8 Å². The Morgan fingerprint density at radius 3 is 1.70 bits per heavy atom. The fourth-order valence-electron chi connectivity index (χ4n) is 3.43. The first kappa shape index (κ1) is 32.9. The van der Waals surface area contributed by atoms with E-state index < -0.39 is 11.9 Å². The molecule has 0 bridgehead atoms. The second kappa shape index (κ2) is 16.2. The molecule has 40 heavy (non-hydrogen) atoms. The van der Waals surface area contributed by atoms with E-state index >= 15 is 0 Å². The van der Waals surface area contributed by atoms with Crippen molar-refractivity contribution >= 4 is 126 Å². The first-order valence-electron chi connectivity index (χ1n) is 13.0. The summed E-state index contributed by atoms with van der Waals surface area (Å²) in [6.07, 6.45) is 4.88. The monoisotopic (exact) mass is 706 g/mol. The molecule has 4 rings (SSSR count). The molecule has 0 fully saturated rings. The summed E-state index contributed by atoms with van der Waals surface area (Å²) in [4.78, 5) is 27.2. The Morgan fingerprint density at radius 1 is 0.750 bits per heavy atom. The number of hydrogen-bond acceptors (Lipinski definition) is 13.